The lowest BCUT2D eigenvalue weighted by atomic mass is 9.85. The topological polar surface area (TPSA) is 39.7 Å². The summed E-state index contributed by atoms with van der Waals surface area (Å²) in [4.78, 5) is 0. The lowest BCUT2D eigenvalue weighted by molar-refractivity contribution is 0.0925. The highest BCUT2D eigenvalue weighted by Crippen LogP contribution is 2.36. The molecule has 4 rings (SSSR count). The standard InChI is InChI=1S/C15H19NO3/c1-2-10-6-13(7-11(3-1)16-10)19-12-4-5-14-15(8-12)18-9-17-14/h4-5,8,10-11,13,16H,1-3,6-7,9H2. The third kappa shape index (κ3) is 2.25. The average Bonchev–Trinajstić information content (AvgIpc) is 2.85. The Kier molecular flexibility index (Phi) is 2.76. The van der Waals surface area contributed by atoms with Gasteiger partial charge in [0.1, 0.15) is 11.9 Å². The van der Waals surface area contributed by atoms with Crippen molar-refractivity contribution in [3.63, 3.8) is 0 Å². The van der Waals surface area contributed by atoms with Crippen molar-refractivity contribution in [1.29, 1.82) is 0 Å². The number of ether oxygens (including phenoxy) is 3. The smallest absolute Gasteiger partial charge is 0.231 e. The minimum Gasteiger partial charge on any atom is -0.490 e. The van der Waals surface area contributed by atoms with Gasteiger partial charge >= 0.3 is 0 Å². The molecule has 2 saturated heterocycles. The highest BCUT2D eigenvalue weighted by atomic mass is 16.7. The van der Waals surface area contributed by atoms with Crippen molar-refractivity contribution < 1.29 is 14.2 Å². The molecule has 4 nitrogen and oxygen atoms in total. The summed E-state index contributed by atoms with van der Waals surface area (Å²) < 4.78 is 16.8. The molecule has 19 heavy (non-hydrogen) atoms. The molecule has 2 unspecified atom stereocenters. The number of fused-ring (bicyclic) bond motifs is 3. The summed E-state index contributed by atoms with van der Waals surface area (Å²) in [6.07, 6.45) is 6.50. The van der Waals surface area contributed by atoms with Crippen molar-refractivity contribution in [3.05, 3.63) is 18.2 Å². The lowest BCUT2D eigenvalue weighted by Gasteiger charge is -2.40. The van der Waals surface area contributed by atoms with E-state index in [9.17, 15) is 0 Å². The fraction of sp³-hybridized carbons (Fsp3) is 0.600. The van der Waals surface area contributed by atoms with Gasteiger partial charge in [-0.3, -0.25) is 0 Å². The van der Waals surface area contributed by atoms with Gasteiger partial charge in [-0.25, -0.2) is 0 Å². The van der Waals surface area contributed by atoms with Crippen LogP contribution in [0.4, 0.5) is 0 Å². The largest absolute Gasteiger partial charge is 0.490 e. The first kappa shape index (κ1) is 11.4. The number of rotatable bonds is 2. The maximum absolute atomic E-state index is 6.14. The molecule has 0 saturated carbocycles. The normalized spacial score (nSPS) is 32.1. The molecule has 4 heteroatoms. The van der Waals surface area contributed by atoms with Crippen molar-refractivity contribution in [2.24, 2.45) is 0 Å². The van der Waals surface area contributed by atoms with Crippen LogP contribution in [0.3, 0.4) is 0 Å². The molecule has 102 valence electrons. The van der Waals surface area contributed by atoms with E-state index in [1.807, 2.05) is 18.2 Å². The van der Waals surface area contributed by atoms with E-state index in [-0.39, 0.29) is 0 Å². The van der Waals surface area contributed by atoms with Gasteiger partial charge in [-0.15, -0.1) is 0 Å². The van der Waals surface area contributed by atoms with E-state index in [2.05, 4.69) is 5.32 Å². The van der Waals surface area contributed by atoms with Crippen LogP contribution in [0.2, 0.25) is 0 Å². The van der Waals surface area contributed by atoms with Gasteiger partial charge < -0.3 is 19.5 Å². The Hall–Kier alpha value is -1.42. The Morgan fingerprint density at radius 1 is 1.05 bits per heavy atom. The average molecular weight is 261 g/mol. The van der Waals surface area contributed by atoms with Crippen molar-refractivity contribution in [1.82, 2.24) is 5.32 Å². The van der Waals surface area contributed by atoms with Gasteiger partial charge in [0.15, 0.2) is 11.5 Å². The molecule has 1 aromatic rings. The molecular weight excluding hydrogens is 242 g/mol. The summed E-state index contributed by atoms with van der Waals surface area (Å²) in [7, 11) is 0. The molecule has 2 bridgehead atoms. The first-order chi connectivity index (χ1) is 9.37. The fourth-order valence-electron chi connectivity index (χ4n) is 3.45. The minimum atomic E-state index is 0.316. The Labute approximate surface area is 113 Å². The van der Waals surface area contributed by atoms with Crippen LogP contribution in [0.15, 0.2) is 18.2 Å². The van der Waals surface area contributed by atoms with Gasteiger partial charge in [0, 0.05) is 18.2 Å². The second-order valence-corrected chi connectivity index (χ2v) is 5.72. The van der Waals surface area contributed by atoms with Crippen LogP contribution in [-0.4, -0.2) is 25.0 Å². The summed E-state index contributed by atoms with van der Waals surface area (Å²) in [5.74, 6) is 2.51. The molecule has 1 N–H and O–H groups in total. The van der Waals surface area contributed by atoms with E-state index in [1.54, 1.807) is 0 Å². The molecule has 1 aromatic carbocycles. The number of benzene rings is 1. The molecule has 2 atom stereocenters. The minimum absolute atomic E-state index is 0.316. The zero-order valence-corrected chi connectivity index (χ0v) is 10.9. The van der Waals surface area contributed by atoms with Crippen molar-refractivity contribution in [3.8, 4) is 17.2 Å². The Morgan fingerprint density at radius 2 is 1.84 bits per heavy atom. The zero-order chi connectivity index (χ0) is 12.7. The van der Waals surface area contributed by atoms with E-state index in [0.717, 1.165) is 30.1 Å². The molecule has 2 fully saturated rings. The molecule has 0 spiro atoms. The van der Waals surface area contributed by atoms with E-state index >= 15 is 0 Å². The quantitative estimate of drug-likeness (QED) is 0.887. The van der Waals surface area contributed by atoms with Gasteiger partial charge in [-0.05, 0) is 37.8 Å². The first-order valence-corrected chi connectivity index (χ1v) is 7.19. The van der Waals surface area contributed by atoms with Gasteiger partial charge in [0.25, 0.3) is 0 Å². The summed E-state index contributed by atoms with van der Waals surface area (Å²) in [6, 6.07) is 7.14. The highest BCUT2D eigenvalue weighted by molar-refractivity contribution is 5.46. The van der Waals surface area contributed by atoms with Crippen molar-refractivity contribution >= 4 is 0 Å². The zero-order valence-electron chi connectivity index (χ0n) is 10.9. The van der Waals surface area contributed by atoms with Crippen LogP contribution >= 0.6 is 0 Å². The number of nitrogens with one attached hydrogen (secondary N) is 1. The van der Waals surface area contributed by atoms with E-state index in [4.69, 9.17) is 14.2 Å². The second kappa shape index (κ2) is 4.60. The fourth-order valence-corrected chi connectivity index (χ4v) is 3.45. The first-order valence-electron chi connectivity index (χ1n) is 7.19. The van der Waals surface area contributed by atoms with Gasteiger partial charge in [0.2, 0.25) is 6.79 Å². The number of hydrogen-bond acceptors (Lipinski definition) is 4. The SMILES string of the molecule is c1cc2c(cc1OC1CC3CCCC(C1)N3)OCO2. The summed E-state index contributed by atoms with van der Waals surface area (Å²) in [5.41, 5.74) is 0. The van der Waals surface area contributed by atoms with E-state index in [1.165, 1.54) is 19.3 Å². The van der Waals surface area contributed by atoms with Crippen LogP contribution in [0.1, 0.15) is 32.1 Å². The van der Waals surface area contributed by atoms with E-state index < -0.39 is 0 Å². The van der Waals surface area contributed by atoms with Gasteiger partial charge in [-0.1, -0.05) is 6.42 Å². The summed E-state index contributed by atoms with van der Waals surface area (Å²) in [6.45, 7) is 0.316. The maximum atomic E-state index is 6.14. The van der Waals surface area contributed by atoms with Gasteiger partial charge in [-0.2, -0.15) is 0 Å². The monoisotopic (exact) mass is 261 g/mol. The molecule has 3 aliphatic rings. The van der Waals surface area contributed by atoms with Crippen LogP contribution in [-0.2, 0) is 0 Å². The third-order valence-electron chi connectivity index (χ3n) is 4.32. The Bertz CT molecular complexity index is 464. The van der Waals surface area contributed by atoms with Crippen molar-refractivity contribution in [2.45, 2.75) is 50.3 Å². The highest BCUT2D eigenvalue weighted by Gasteiger charge is 2.32. The van der Waals surface area contributed by atoms with Crippen LogP contribution in [0.5, 0.6) is 17.2 Å². The second-order valence-electron chi connectivity index (χ2n) is 5.72. The molecule has 0 radical (unpaired) electrons. The molecule has 3 heterocycles. The Morgan fingerprint density at radius 3 is 2.68 bits per heavy atom. The van der Waals surface area contributed by atoms with Crippen LogP contribution in [0, 0.1) is 0 Å². The number of hydrogen-bond donors (Lipinski definition) is 1. The molecule has 0 aromatic heterocycles. The number of piperidine rings is 2. The van der Waals surface area contributed by atoms with Crippen LogP contribution in [0.25, 0.3) is 0 Å². The molecule has 0 amide bonds. The van der Waals surface area contributed by atoms with Gasteiger partial charge in [0.05, 0.1) is 0 Å². The lowest BCUT2D eigenvalue weighted by Crippen LogP contribution is -2.51. The molecular formula is C15H19NO3. The van der Waals surface area contributed by atoms with Crippen molar-refractivity contribution in [2.75, 3.05) is 6.79 Å². The van der Waals surface area contributed by atoms with Crippen LogP contribution < -0.4 is 19.5 Å². The molecule has 0 aliphatic carbocycles. The van der Waals surface area contributed by atoms with E-state index in [0.29, 0.717) is 25.0 Å². The summed E-state index contributed by atoms with van der Waals surface area (Å²) >= 11 is 0. The third-order valence-corrected chi connectivity index (χ3v) is 4.32. The Balaban J connectivity index is 1.46. The maximum Gasteiger partial charge on any atom is 0.231 e. The molecule has 3 aliphatic heterocycles. The predicted molar refractivity (Wildman–Crippen MR) is 70.8 cm³/mol. The predicted octanol–water partition coefficient (Wildman–Crippen LogP) is 2.47. The summed E-state index contributed by atoms with van der Waals surface area (Å²) in [5, 5.41) is 3.69.